The van der Waals surface area contributed by atoms with Crippen LogP contribution in [0, 0.1) is 0 Å². The maximum atomic E-state index is 13.1. The van der Waals surface area contributed by atoms with Crippen LogP contribution in [0.1, 0.15) is 56.2 Å². The lowest BCUT2D eigenvalue weighted by molar-refractivity contribution is -0.154. The molecule has 0 aliphatic carbocycles. The van der Waals surface area contributed by atoms with E-state index in [-0.39, 0.29) is 18.2 Å². The molecule has 1 aromatic carbocycles. The standard InChI is InChI=1S/C25H31N3O4/c1-3-20-7-4-5-8-21(20)25(17-23(30)31,13-10-19-11-15-26-16-12-19)28(18(2)29)22-9-6-14-27-24(22)32/h4-5,7-8,11-12,15-16,22H,3,6,9-10,13-14,17H2,1-2H3,(H,27,32)(H,30,31)/t22?,25-/m1/s1. The predicted octanol–water partition coefficient (Wildman–Crippen LogP) is 3.07. The number of hydrogen-bond donors (Lipinski definition) is 2. The molecule has 32 heavy (non-hydrogen) atoms. The van der Waals surface area contributed by atoms with Gasteiger partial charge in [-0.3, -0.25) is 19.4 Å². The van der Waals surface area contributed by atoms with Crippen molar-refractivity contribution in [1.29, 1.82) is 0 Å². The molecule has 1 aliphatic rings. The Morgan fingerprint density at radius 2 is 1.94 bits per heavy atom. The van der Waals surface area contributed by atoms with Crippen LogP contribution in [0.25, 0.3) is 0 Å². The zero-order valence-electron chi connectivity index (χ0n) is 18.7. The third kappa shape index (κ3) is 4.98. The number of amides is 2. The van der Waals surface area contributed by atoms with Gasteiger partial charge in [-0.05, 0) is 60.9 Å². The van der Waals surface area contributed by atoms with Crippen molar-refractivity contribution >= 4 is 17.8 Å². The molecular weight excluding hydrogens is 406 g/mol. The first-order valence-electron chi connectivity index (χ1n) is 11.2. The van der Waals surface area contributed by atoms with Crippen molar-refractivity contribution in [2.24, 2.45) is 0 Å². The fourth-order valence-corrected chi connectivity index (χ4v) is 4.91. The molecule has 2 atom stereocenters. The summed E-state index contributed by atoms with van der Waals surface area (Å²) in [6.45, 7) is 4.01. The number of rotatable bonds is 9. The number of nitrogens with one attached hydrogen (secondary N) is 1. The molecule has 1 saturated heterocycles. The fraction of sp³-hybridized carbons (Fsp3) is 0.440. The van der Waals surface area contributed by atoms with Crippen LogP contribution in [0.15, 0.2) is 48.8 Å². The molecule has 0 bridgehead atoms. The summed E-state index contributed by atoms with van der Waals surface area (Å²) in [5.74, 6) is -1.53. The lowest BCUT2D eigenvalue weighted by Crippen LogP contribution is -2.61. The van der Waals surface area contributed by atoms with E-state index in [4.69, 9.17) is 0 Å². The summed E-state index contributed by atoms with van der Waals surface area (Å²) in [6.07, 6.45) is 5.99. The van der Waals surface area contributed by atoms with E-state index in [1.54, 1.807) is 17.3 Å². The van der Waals surface area contributed by atoms with Crippen LogP contribution in [-0.4, -0.2) is 45.4 Å². The minimum atomic E-state index is -1.16. The largest absolute Gasteiger partial charge is 0.481 e. The summed E-state index contributed by atoms with van der Waals surface area (Å²) in [6, 6.07) is 10.7. The summed E-state index contributed by atoms with van der Waals surface area (Å²) < 4.78 is 0. The number of aliphatic carboxylic acids is 1. The van der Waals surface area contributed by atoms with E-state index >= 15 is 0 Å². The number of piperidine rings is 1. The Kier molecular flexibility index (Phi) is 7.62. The Balaban J connectivity index is 2.20. The van der Waals surface area contributed by atoms with Crippen LogP contribution >= 0.6 is 0 Å². The number of nitrogens with zero attached hydrogens (tertiary/aromatic N) is 2. The van der Waals surface area contributed by atoms with Gasteiger partial charge < -0.3 is 15.3 Å². The smallest absolute Gasteiger partial charge is 0.306 e. The second kappa shape index (κ2) is 10.4. The van der Waals surface area contributed by atoms with E-state index < -0.39 is 17.6 Å². The van der Waals surface area contributed by atoms with Gasteiger partial charge in [-0.25, -0.2) is 0 Å². The monoisotopic (exact) mass is 437 g/mol. The molecule has 2 aromatic rings. The van der Waals surface area contributed by atoms with E-state index in [2.05, 4.69) is 10.3 Å². The zero-order valence-corrected chi connectivity index (χ0v) is 18.7. The van der Waals surface area contributed by atoms with Crippen molar-refractivity contribution in [2.75, 3.05) is 6.54 Å². The van der Waals surface area contributed by atoms with Crippen molar-refractivity contribution in [3.05, 3.63) is 65.5 Å². The van der Waals surface area contributed by atoms with Gasteiger partial charge in [-0.2, -0.15) is 0 Å². The molecule has 2 amide bonds. The number of carboxylic acids is 1. The average Bonchev–Trinajstić information content (AvgIpc) is 2.79. The molecule has 7 heteroatoms. The highest BCUT2D eigenvalue weighted by molar-refractivity contribution is 5.88. The molecule has 2 N–H and O–H groups in total. The van der Waals surface area contributed by atoms with Gasteiger partial charge in [0.1, 0.15) is 6.04 Å². The van der Waals surface area contributed by atoms with Crippen molar-refractivity contribution in [3.63, 3.8) is 0 Å². The number of carbonyl (C=O) groups is 3. The second-order valence-corrected chi connectivity index (χ2v) is 8.31. The highest BCUT2D eigenvalue weighted by atomic mass is 16.4. The van der Waals surface area contributed by atoms with Crippen LogP contribution in [-0.2, 0) is 32.8 Å². The fourth-order valence-electron chi connectivity index (χ4n) is 4.91. The number of carbonyl (C=O) groups excluding carboxylic acids is 2. The van der Waals surface area contributed by atoms with Crippen LogP contribution in [0.3, 0.4) is 0 Å². The number of pyridine rings is 1. The first-order valence-corrected chi connectivity index (χ1v) is 11.2. The topological polar surface area (TPSA) is 99.6 Å². The van der Waals surface area contributed by atoms with E-state index in [1.807, 2.05) is 43.3 Å². The summed E-state index contributed by atoms with van der Waals surface area (Å²) >= 11 is 0. The minimum absolute atomic E-state index is 0.223. The number of benzene rings is 1. The molecule has 170 valence electrons. The second-order valence-electron chi connectivity index (χ2n) is 8.31. The molecule has 1 aliphatic heterocycles. The Morgan fingerprint density at radius 1 is 1.22 bits per heavy atom. The van der Waals surface area contributed by atoms with E-state index in [9.17, 15) is 19.5 Å². The molecular formula is C25H31N3O4. The van der Waals surface area contributed by atoms with Crippen LogP contribution in [0.4, 0.5) is 0 Å². The predicted molar refractivity (Wildman–Crippen MR) is 121 cm³/mol. The first-order chi connectivity index (χ1) is 15.4. The normalized spacial score (nSPS) is 17.8. The number of aromatic nitrogens is 1. The Hall–Kier alpha value is -3.22. The highest BCUT2D eigenvalue weighted by Crippen LogP contribution is 2.41. The van der Waals surface area contributed by atoms with Crippen LogP contribution in [0.5, 0.6) is 0 Å². The SMILES string of the molecule is CCc1ccccc1[C@@](CCc1ccncc1)(CC(=O)O)N(C(C)=O)C1CCCNC1=O. The maximum absolute atomic E-state index is 13.1. The average molecular weight is 438 g/mol. The molecule has 2 heterocycles. The van der Waals surface area contributed by atoms with Crippen LogP contribution < -0.4 is 5.32 Å². The van der Waals surface area contributed by atoms with E-state index in [0.717, 1.165) is 23.1 Å². The molecule has 3 rings (SSSR count). The van der Waals surface area contributed by atoms with Gasteiger partial charge >= 0.3 is 5.97 Å². The zero-order chi connectivity index (χ0) is 23.1. The van der Waals surface area contributed by atoms with E-state index in [1.165, 1.54) is 6.92 Å². The lowest BCUT2D eigenvalue weighted by atomic mass is 9.75. The number of aryl methyl sites for hydroxylation is 2. The molecule has 1 aromatic heterocycles. The van der Waals surface area contributed by atoms with Gasteiger partial charge in [0.05, 0.1) is 12.0 Å². The van der Waals surface area contributed by atoms with Crippen molar-refractivity contribution in [3.8, 4) is 0 Å². The Morgan fingerprint density at radius 3 is 2.56 bits per heavy atom. The molecule has 1 unspecified atom stereocenters. The van der Waals surface area contributed by atoms with E-state index in [0.29, 0.717) is 32.2 Å². The van der Waals surface area contributed by atoms with Crippen LogP contribution in [0.2, 0.25) is 0 Å². The van der Waals surface area contributed by atoms with Gasteiger partial charge in [0.2, 0.25) is 11.8 Å². The molecule has 1 fully saturated rings. The summed E-state index contributed by atoms with van der Waals surface area (Å²) in [7, 11) is 0. The third-order valence-corrected chi connectivity index (χ3v) is 6.29. The number of carboxylic acid groups (broad SMARTS) is 1. The van der Waals surface area contributed by atoms with Crippen molar-refractivity contribution in [1.82, 2.24) is 15.2 Å². The molecule has 7 nitrogen and oxygen atoms in total. The van der Waals surface area contributed by atoms with Crippen molar-refractivity contribution in [2.45, 2.75) is 64.0 Å². The van der Waals surface area contributed by atoms with Gasteiger partial charge in [0.25, 0.3) is 0 Å². The minimum Gasteiger partial charge on any atom is -0.481 e. The van der Waals surface area contributed by atoms with Gasteiger partial charge in [-0.15, -0.1) is 0 Å². The highest BCUT2D eigenvalue weighted by Gasteiger charge is 2.48. The summed E-state index contributed by atoms with van der Waals surface area (Å²) in [5.41, 5.74) is 1.62. The first kappa shape index (κ1) is 23.4. The van der Waals surface area contributed by atoms with Gasteiger partial charge in [0, 0.05) is 25.9 Å². The van der Waals surface area contributed by atoms with Gasteiger partial charge in [0.15, 0.2) is 0 Å². The molecule has 0 spiro atoms. The lowest BCUT2D eigenvalue weighted by Gasteiger charge is -2.48. The van der Waals surface area contributed by atoms with Crippen molar-refractivity contribution < 1.29 is 19.5 Å². The maximum Gasteiger partial charge on any atom is 0.306 e. The molecule has 0 saturated carbocycles. The summed E-state index contributed by atoms with van der Waals surface area (Å²) in [4.78, 5) is 43.9. The third-order valence-electron chi connectivity index (χ3n) is 6.29. The molecule has 0 radical (unpaired) electrons. The number of hydrogen-bond acceptors (Lipinski definition) is 4. The van der Waals surface area contributed by atoms with Gasteiger partial charge in [-0.1, -0.05) is 31.2 Å². The summed E-state index contributed by atoms with van der Waals surface area (Å²) in [5, 5.41) is 12.9. The quantitative estimate of drug-likeness (QED) is 0.628. The Bertz CT molecular complexity index is 963. The Labute approximate surface area is 188 Å².